The highest BCUT2D eigenvalue weighted by atomic mass is 32.2. The summed E-state index contributed by atoms with van der Waals surface area (Å²) in [5.74, 6) is 2.05. The maximum absolute atomic E-state index is 5.36. The summed E-state index contributed by atoms with van der Waals surface area (Å²) in [5.41, 5.74) is 2.04. The van der Waals surface area contributed by atoms with E-state index >= 15 is 0 Å². The smallest absolute Gasteiger partial charge is 0.217 e. The Hall–Kier alpha value is -2.08. The van der Waals surface area contributed by atoms with E-state index < -0.39 is 0 Å². The Kier molecular flexibility index (Phi) is 3.33. The van der Waals surface area contributed by atoms with Crippen LogP contribution in [0.2, 0.25) is 0 Å². The van der Waals surface area contributed by atoms with E-state index in [1.54, 1.807) is 24.2 Å². The van der Waals surface area contributed by atoms with Gasteiger partial charge < -0.3 is 4.42 Å². The molecule has 0 aliphatic rings. The number of hydrogen-bond acceptors (Lipinski definition) is 5. The third kappa shape index (κ3) is 2.68. The number of hydrogen-bond donors (Lipinski definition) is 1. The van der Waals surface area contributed by atoms with Crippen LogP contribution in [0.15, 0.2) is 46.3 Å². The molecule has 0 bridgehead atoms. The fourth-order valence-corrected chi connectivity index (χ4v) is 2.36. The van der Waals surface area contributed by atoms with Crippen LogP contribution in [0, 0.1) is 6.92 Å². The van der Waals surface area contributed by atoms with Crippen molar-refractivity contribution in [1.29, 1.82) is 0 Å². The van der Waals surface area contributed by atoms with Crippen LogP contribution in [0.1, 0.15) is 11.3 Å². The summed E-state index contributed by atoms with van der Waals surface area (Å²) in [7, 11) is 0. The zero-order valence-corrected chi connectivity index (χ0v) is 11.1. The van der Waals surface area contributed by atoms with Crippen molar-refractivity contribution in [3.63, 3.8) is 0 Å². The highest BCUT2D eigenvalue weighted by Crippen LogP contribution is 2.24. The number of nitrogens with zero attached hydrogens (tertiary/aromatic N) is 3. The fourth-order valence-electron chi connectivity index (χ4n) is 1.64. The molecule has 19 heavy (non-hydrogen) atoms. The molecule has 0 radical (unpaired) electrons. The van der Waals surface area contributed by atoms with E-state index in [0.29, 0.717) is 11.6 Å². The molecule has 6 heteroatoms. The van der Waals surface area contributed by atoms with Crippen molar-refractivity contribution in [1.82, 2.24) is 20.2 Å². The topological polar surface area (TPSA) is 67.6 Å². The first-order valence-electron chi connectivity index (χ1n) is 5.82. The van der Waals surface area contributed by atoms with E-state index in [1.807, 2.05) is 31.2 Å². The molecule has 0 aromatic carbocycles. The van der Waals surface area contributed by atoms with Gasteiger partial charge in [-0.3, -0.25) is 10.1 Å². The van der Waals surface area contributed by atoms with Gasteiger partial charge in [-0.25, -0.2) is 0 Å². The van der Waals surface area contributed by atoms with Crippen molar-refractivity contribution in [2.45, 2.75) is 17.8 Å². The molecule has 0 spiro atoms. The van der Waals surface area contributed by atoms with Crippen molar-refractivity contribution in [3.8, 4) is 11.6 Å². The molecule has 0 saturated carbocycles. The Morgan fingerprint density at radius 2 is 2.26 bits per heavy atom. The second kappa shape index (κ2) is 5.27. The van der Waals surface area contributed by atoms with Gasteiger partial charge in [-0.05, 0) is 30.7 Å². The lowest BCUT2D eigenvalue weighted by molar-refractivity contribution is 0.576. The van der Waals surface area contributed by atoms with Crippen molar-refractivity contribution < 1.29 is 4.42 Å². The third-order valence-corrected chi connectivity index (χ3v) is 3.51. The Balaban J connectivity index is 1.71. The molecule has 0 unspecified atom stereocenters. The summed E-state index contributed by atoms with van der Waals surface area (Å²) < 4.78 is 5.36. The molecular weight excluding hydrogens is 260 g/mol. The number of pyridine rings is 1. The van der Waals surface area contributed by atoms with Crippen LogP contribution in [0.5, 0.6) is 0 Å². The monoisotopic (exact) mass is 272 g/mol. The molecule has 3 aromatic heterocycles. The minimum Gasteiger partial charge on any atom is -0.461 e. The van der Waals surface area contributed by atoms with Gasteiger partial charge in [0, 0.05) is 11.9 Å². The molecule has 3 rings (SSSR count). The van der Waals surface area contributed by atoms with E-state index in [-0.39, 0.29) is 0 Å². The molecule has 0 saturated heterocycles. The maximum Gasteiger partial charge on any atom is 0.217 e. The molecule has 5 nitrogen and oxygen atoms in total. The Morgan fingerprint density at radius 3 is 3.00 bits per heavy atom. The summed E-state index contributed by atoms with van der Waals surface area (Å²) in [6.45, 7) is 1.97. The minimum absolute atomic E-state index is 0.589. The van der Waals surface area contributed by atoms with Crippen LogP contribution >= 0.6 is 11.8 Å². The fraction of sp³-hybridized carbons (Fsp3) is 0.154. The largest absolute Gasteiger partial charge is 0.461 e. The van der Waals surface area contributed by atoms with Gasteiger partial charge in [-0.2, -0.15) is 4.98 Å². The number of nitrogens with one attached hydrogen (secondary N) is 1. The molecule has 3 aromatic rings. The first-order valence-corrected chi connectivity index (χ1v) is 6.81. The SMILES string of the molecule is Cc1ccoc1-c1n[nH]c(SCc2ccccn2)n1. The highest BCUT2D eigenvalue weighted by molar-refractivity contribution is 7.98. The van der Waals surface area contributed by atoms with E-state index in [4.69, 9.17) is 4.42 Å². The van der Waals surface area contributed by atoms with Crippen molar-refractivity contribution in [2.24, 2.45) is 0 Å². The van der Waals surface area contributed by atoms with Crippen LogP contribution in [-0.4, -0.2) is 20.2 Å². The molecule has 1 N–H and O–H groups in total. The van der Waals surface area contributed by atoms with Gasteiger partial charge in [0.05, 0.1) is 12.0 Å². The first kappa shape index (κ1) is 12.0. The normalized spacial score (nSPS) is 10.8. The number of aromatic amines is 1. The van der Waals surface area contributed by atoms with Crippen molar-refractivity contribution >= 4 is 11.8 Å². The average Bonchev–Trinajstić information content (AvgIpc) is 3.06. The van der Waals surface area contributed by atoms with Crippen molar-refractivity contribution in [2.75, 3.05) is 0 Å². The highest BCUT2D eigenvalue weighted by Gasteiger charge is 2.11. The summed E-state index contributed by atoms with van der Waals surface area (Å²) >= 11 is 1.56. The number of thioether (sulfide) groups is 1. The molecule has 0 atom stereocenters. The number of rotatable bonds is 4. The quantitative estimate of drug-likeness (QED) is 0.739. The summed E-state index contributed by atoms with van der Waals surface area (Å²) in [5, 5.41) is 7.83. The number of furan rings is 1. The molecular formula is C13H12N4OS. The zero-order valence-electron chi connectivity index (χ0n) is 10.3. The number of H-pyrrole nitrogens is 1. The molecule has 0 aliphatic heterocycles. The van der Waals surface area contributed by atoms with Gasteiger partial charge in [0.25, 0.3) is 0 Å². The molecule has 0 amide bonds. The van der Waals surface area contributed by atoms with Crippen LogP contribution < -0.4 is 0 Å². The van der Waals surface area contributed by atoms with Crippen LogP contribution in [-0.2, 0) is 5.75 Å². The predicted octanol–water partition coefficient (Wildman–Crippen LogP) is 3.06. The molecule has 3 heterocycles. The molecule has 0 aliphatic carbocycles. The van der Waals surface area contributed by atoms with E-state index in [1.165, 1.54) is 0 Å². The number of aromatic nitrogens is 4. The predicted molar refractivity (Wildman–Crippen MR) is 72.6 cm³/mol. The van der Waals surface area contributed by atoms with E-state index in [9.17, 15) is 0 Å². The summed E-state index contributed by atoms with van der Waals surface area (Å²) in [6.07, 6.45) is 3.43. The molecule has 0 fully saturated rings. The van der Waals surface area contributed by atoms with Crippen LogP contribution in [0.4, 0.5) is 0 Å². The van der Waals surface area contributed by atoms with Crippen molar-refractivity contribution in [3.05, 3.63) is 48.0 Å². The van der Waals surface area contributed by atoms with Gasteiger partial charge in [-0.1, -0.05) is 17.8 Å². The first-order chi connectivity index (χ1) is 9.33. The lowest BCUT2D eigenvalue weighted by Gasteiger charge is -1.96. The second-order valence-corrected chi connectivity index (χ2v) is 4.97. The summed E-state index contributed by atoms with van der Waals surface area (Å²) in [6, 6.07) is 7.76. The summed E-state index contributed by atoms with van der Waals surface area (Å²) in [4.78, 5) is 8.67. The minimum atomic E-state index is 0.589. The van der Waals surface area contributed by atoms with E-state index in [0.717, 1.165) is 22.2 Å². The molecule has 96 valence electrons. The Morgan fingerprint density at radius 1 is 1.32 bits per heavy atom. The van der Waals surface area contributed by atoms with Gasteiger partial charge in [0.1, 0.15) is 0 Å². The van der Waals surface area contributed by atoms with E-state index in [2.05, 4.69) is 20.2 Å². The van der Waals surface area contributed by atoms with Gasteiger partial charge >= 0.3 is 0 Å². The van der Waals surface area contributed by atoms with Gasteiger partial charge in [-0.15, -0.1) is 5.10 Å². The Bertz CT molecular complexity index is 662. The average molecular weight is 272 g/mol. The Labute approximate surface area is 114 Å². The van der Waals surface area contributed by atoms with Crippen LogP contribution in [0.25, 0.3) is 11.6 Å². The van der Waals surface area contributed by atoms with Crippen LogP contribution in [0.3, 0.4) is 0 Å². The van der Waals surface area contributed by atoms with Gasteiger partial charge in [0.2, 0.25) is 5.82 Å². The lowest BCUT2D eigenvalue weighted by atomic mass is 10.3. The lowest BCUT2D eigenvalue weighted by Crippen LogP contribution is -1.85. The van der Waals surface area contributed by atoms with Gasteiger partial charge in [0.15, 0.2) is 10.9 Å². The number of aryl methyl sites for hydroxylation is 1. The standard InChI is InChI=1S/C13H12N4OS/c1-9-5-7-18-11(9)12-15-13(17-16-12)19-8-10-4-2-3-6-14-10/h2-7H,8H2,1H3,(H,15,16,17). The second-order valence-electron chi connectivity index (χ2n) is 4.01. The maximum atomic E-state index is 5.36. The third-order valence-electron chi connectivity index (χ3n) is 2.61. The zero-order chi connectivity index (χ0) is 13.1.